The molecule has 0 saturated heterocycles. The van der Waals surface area contributed by atoms with E-state index in [0.717, 1.165) is 49.7 Å². The second-order valence-corrected chi connectivity index (χ2v) is 7.57. The number of ether oxygens (including phenoxy) is 2. The normalized spacial score (nSPS) is 13.9. The number of fused-ring (bicyclic) bond motifs is 1. The van der Waals surface area contributed by atoms with E-state index in [4.69, 9.17) is 9.47 Å². The Hall–Kier alpha value is -2.82. The summed E-state index contributed by atoms with van der Waals surface area (Å²) in [6.45, 7) is 1.99. The minimum atomic E-state index is -0.452. The Bertz CT molecular complexity index is 876. The van der Waals surface area contributed by atoms with Crippen LogP contribution in [0, 0.1) is 0 Å². The molecule has 3 rings (SSSR count). The first-order valence-corrected chi connectivity index (χ1v) is 10.2. The molecule has 0 heterocycles. The van der Waals surface area contributed by atoms with Gasteiger partial charge >= 0.3 is 5.97 Å². The van der Waals surface area contributed by atoms with Crippen molar-refractivity contribution in [2.75, 3.05) is 14.2 Å². The van der Waals surface area contributed by atoms with Gasteiger partial charge in [0.15, 0.2) is 0 Å². The van der Waals surface area contributed by atoms with E-state index >= 15 is 0 Å². The summed E-state index contributed by atoms with van der Waals surface area (Å²) in [5, 5.41) is 3.06. The summed E-state index contributed by atoms with van der Waals surface area (Å²) in [5.74, 6) is -0.363. The Balaban J connectivity index is 1.83. The predicted molar refractivity (Wildman–Crippen MR) is 113 cm³/mol. The first-order chi connectivity index (χ1) is 14.0. The van der Waals surface area contributed by atoms with Gasteiger partial charge < -0.3 is 14.8 Å². The van der Waals surface area contributed by atoms with Gasteiger partial charge in [-0.1, -0.05) is 30.3 Å². The van der Waals surface area contributed by atoms with Gasteiger partial charge in [-0.3, -0.25) is 4.79 Å². The van der Waals surface area contributed by atoms with Gasteiger partial charge in [-0.2, -0.15) is 0 Å². The lowest BCUT2D eigenvalue weighted by atomic mass is 9.85. The molecule has 29 heavy (non-hydrogen) atoms. The molecule has 1 N–H and O–H groups in total. The van der Waals surface area contributed by atoms with Crippen molar-refractivity contribution in [1.82, 2.24) is 5.32 Å². The van der Waals surface area contributed by atoms with Crippen molar-refractivity contribution in [2.45, 2.75) is 51.5 Å². The minimum absolute atomic E-state index is 0.00924. The summed E-state index contributed by atoms with van der Waals surface area (Å²) >= 11 is 0. The third-order valence-electron chi connectivity index (χ3n) is 5.53. The molecule has 0 aliphatic heterocycles. The van der Waals surface area contributed by atoms with E-state index in [-0.39, 0.29) is 11.9 Å². The minimum Gasteiger partial charge on any atom is -0.495 e. The highest BCUT2D eigenvalue weighted by Gasteiger charge is 2.28. The molecule has 1 aliphatic rings. The van der Waals surface area contributed by atoms with E-state index in [1.165, 1.54) is 19.8 Å². The van der Waals surface area contributed by atoms with Gasteiger partial charge in [0.2, 0.25) is 0 Å². The van der Waals surface area contributed by atoms with E-state index in [0.29, 0.717) is 16.9 Å². The molecule has 2 aromatic rings. The largest absolute Gasteiger partial charge is 0.495 e. The Morgan fingerprint density at radius 2 is 1.83 bits per heavy atom. The first kappa shape index (κ1) is 20.9. The van der Waals surface area contributed by atoms with Crippen LogP contribution in [-0.4, -0.2) is 32.1 Å². The lowest BCUT2D eigenvalue weighted by Crippen LogP contribution is -2.33. The molecule has 0 aromatic heterocycles. The van der Waals surface area contributed by atoms with Crippen molar-refractivity contribution in [3.05, 3.63) is 64.2 Å². The molecule has 0 radical (unpaired) electrons. The van der Waals surface area contributed by atoms with Gasteiger partial charge in [-0.25, -0.2) is 4.79 Å². The van der Waals surface area contributed by atoms with Gasteiger partial charge in [-0.15, -0.1) is 0 Å². The number of hydrogen-bond donors (Lipinski definition) is 1. The van der Waals surface area contributed by atoms with Gasteiger partial charge in [-0.05, 0) is 68.2 Å². The number of amides is 1. The average Bonchev–Trinajstić information content (AvgIpc) is 2.76. The summed E-state index contributed by atoms with van der Waals surface area (Å²) in [6, 6.07) is 12.1. The Morgan fingerprint density at radius 3 is 2.52 bits per heavy atom. The molecule has 5 heteroatoms. The number of benzene rings is 2. The maximum Gasteiger partial charge on any atom is 0.341 e. The standard InChI is InChI=1S/C24H29NO4/c1-16(13-14-17-9-5-4-6-10-17)25-23(26)20-15-18-11-7-8-12-19(18)21(22(20)28-2)24(27)29-3/h4-6,9-10,15-16H,7-8,11-14H2,1-3H3,(H,25,26). The maximum absolute atomic E-state index is 13.1. The second kappa shape index (κ2) is 9.59. The number of methoxy groups -OCH3 is 2. The highest BCUT2D eigenvalue weighted by Crippen LogP contribution is 2.35. The number of carbonyl (C=O) groups is 2. The van der Waals surface area contributed by atoms with Crippen LogP contribution in [0.25, 0.3) is 0 Å². The molecule has 1 atom stereocenters. The molecule has 0 saturated carbocycles. The smallest absolute Gasteiger partial charge is 0.341 e. The number of nitrogens with one attached hydrogen (secondary N) is 1. The number of esters is 1. The molecular formula is C24H29NO4. The molecule has 0 fully saturated rings. The van der Waals surface area contributed by atoms with E-state index in [1.54, 1.807) is 0 Å². The third kappa shape index (κ3) is 4.78. The van der Waals surface area contributed by atoms with Crippen molar-refractivity contribution in [3.8, 4) is 5.75 Å². The number of hydrogen-bond acceptors (Lipinski definition) is 4. The molecule has 2 aromatic carbocycles. The van der Waals surface area contributed by atoms with Gasteiger partial charge in [0.25, 0.3) is 5.91 Å². The van der Waals surface area contributed by atoms with Crippen LogP contribution < -0.4 is 10.1 Å². The van der Waals surface area contributed by atoms with Crippen LogP contribution >= 0.6 is 0 Å². The van der Waals surface area contributed by atoms with Crippen LogP contribution in [0.3, 0.4) is 0 Å². The van der Waals surface area contributed by atoms with Crippen LogP contribution in [0.4, 0.5) is 0 Å². The monoisotopic (exact) mass is 395 g/mol. The quantitative estimate of drug-likeness (QED) is 0.717. The highest BCUT2D eigenvalue weighted by atomic mass is 16.5. The summed E-state index contributed by atoms with van der Waals surface area (Å²) in [5.41, 5.74) is 4.04. The molecule has 1 unspecified atom stereocenters. The lowest BCUT2D eigenvalue weighted by Gasteiger charge is -2.23. The lowest BCUT2D eigenvalue weighted by molar-refractivity contribution is 0.0595. The van der Waals surface area contributed by atoms with Crippen LogP contribution in [0.5, 0.6) is 5.75 Å². The zero-order valence-electron chi connectivity index (χ0n) is 17.4. The van der Waals surface area contributed by atoms with Crippen molar-refractivity contribution in [1.29, 1.82) is 0 Å². The topological polar surface area (TPSA) is 64.6 Å². The fourth-order valence-electron chi connectivity index (χ4n) is 3.99. The van der Waals surface area contributed by atoms with Crippen LogP contribution in [-0.2, 0) is 24.0 Å². The van der Waals surface area contributed by atoms with E-state index in [2.05, 4.69) is 17.4 Å². The predicted octanol–water partition coefficient (Wildman–Crippen LogP) is 4.11. The van der Waals surface area contributed by atoms with Crippen molar-refractivity contribution >= 4 is 11.9 Å². The highest BCUT2D eigenvalue weighted by molar-refractivity contribution is 6.04. The molecule has 0 bridgehead atoms. The zero-order chi connectivity index (χ0) is 20.8. The third-order valence-corrected chi connectivity index (χ3v) is 5.53. The SMILES string of the molecule is COC(=O)c1c2c(cc(C(=O)NC(C)CCc3ccccc3)c1OC)CCCC2. The molecule has 5 nitrogen and oxygen atoms in total. The van der Waals surface area contributed by atoms with E-state index < -0.39 is 5.97 Å². The zero-order valence-corrected chi connectivity index (χ0v) is 17.4. The van der Waals surface area contributed by atoms with E-state index in [9.17, 15) is 9.59 Å². The molecule has 0 spiro atoms. The molecule has 1 amide bonds. The Morgan fingerprint density at radius 1 is 1.10 bits per heavy atom. The summed E-state index contributed by atoms with van der Waals surface area (Å²) < 4.78 is 10.5. The molecule has 154 valence electrons. The fraction of sp³-hybridized carbons (Fsp3) is 0.417. The number of rotatable bonds is 7. The fourth-order valence-corrected chi connectivity index (χ4v) is 3.99. The number of carbonyl (C=O) groups excluding carboxylic acids is 2. The van der Waals surface area contributed by atoms with Gasteiger partial charge in [0.1, 0.15) is 11.3 Å². The van der Waals surface area contributed by atoms with Crippen LogP contribution in [0.15, 0.2) is 36.4 Å². The number of aryl methyl sites for hydroxylation is 2. The van der Waals surface area contributed by atoms with Gasteiger partial charge in [0.05, 0.1) is 19.8 Å². The van der Waals surface area contributed by atoms with Crippen LogP contribution in [0.2, 0.25) is 0 Å². The van der Waals surface area contributed by atoms with E-state index in [1.807, 2.05) is 31.2 Å². The first-order valence-electron chi connectivity index (χ1n) is 10.2. The summed E-state index contributed by atoms with van der Waals surface area (Å²) in [7, 11) is 2.85. The summed E-state index contributed by atoms with van der Waals surface area (Å²) in [6.07, 6.45) is 5.43. The molecule has 1 aliphatic carbocycles. The summed E-state index contributed by atoms with van der Waals surface area (Å²) in [4.78, 5) is 25.5. The van der Waals surface area contributed by atoms with Crippen molar-refractivity contribution < 1.29 is 19.1 Å². The maximum atomic E-state index is 13.1. The van der Waals surface area contributed by atoms with Crippen molar-refractivity contribution in [3.63, 3.8) is 0 Å². The van der Waals surface area contributed by atoms with Gasteiger partial charge in [0, 0.05) is 6.04 Å². The second-order valence-electron chi connectivity index (χ2n) is 7.57. The van der Waals surface area contributed by atoms with Crippen molar-refractivity contribution in [2.24, 2.45) is 0 Å². The Kier molecular flexibility index (Phi) is 6.91. The Labute approximate surface area is 172 Å². The van der Waals surface area contributed by atoms with Crippen LogP contribution in [0.1, 0.15) is 63.6 Å². The molecular weight excluding hydrogens is 366 g/mol. The average molecular weight is 395 g/mol.